The van der Waals surface area contributed by atoms with Gasteiger partial charge in [0, 0.05) is 17.3 Å². The minimum atomic E-state index is -4.65. The fraction of sp³-hybridized carbons (Fsp3) is 0.348. The van der Waals surface area contributed by atoms with Crippen LogP contribution in [-0.4, -0.2) is 53.9 Å². The summed E-state index contributed by atoms with van der Waals surface area (Å²) in [6.45, 7) is 3.20. The number of para-hydroxylation sites is 1. The van der Waals surface area contributed by atoms with Crippen molar-refractivity contribution in [3.8, 4) is 0 Å². The third kappa shape index (κ3) is 6.19. The van der Waals surface area contributed by atoms with Crippen LogP contribution in [0.1, 0.15) is 19.4 Å². The Morgan fingerprint density at radius 3 is 2.38 bits per heavy atom. The van der Waals surface area contributed by atoms with Crippen molar-refractivity contribution in [2.24, 2.45) is 5.92 Å². The number of carbonyl (C=O) groups is 3. The molecule has 1 heterocycles. The Morgan fingerprint density at radius 2 is 1.76 bits per heavy atom. The standard InChI is InChI=1S/C23H24ClF3N4O3/c1-15(2)11-29(22(34)28-19-6-4-3-5-18(19)23(25,26)27)12-20(32)30-13-21(33)31(14-30)17-9-7-16(24)8-10-17/h3-10,15H,11-14H2,1-2H3,(H,28,34). The van der Waals surface area contributed by atoms with E-state index in [0.717, 1.165) is 17.0 Å². The van der Waals surface area contributed by atoms with Gasteiger partial charge in [-0.1, -0.05) is 37.6 Å². The summed E-state index contributed by atoms with van der Waals surface area (Å²) < 4.78 is 39.9. The van der Waals surface area contributed by atoms with Crippen LogP contribution in [0.4, 0.5) is 29.3 Å². The highest BCUT2D eigenvalue weighted by atomic mass is 35.5. The molecule has 0 unspecified atom stereocenters. The monoisotopic (exact) mass is 496 g/mol. The Balaban J connectivity index is 1.72. The summed E-state index contributed by atoms with van der Waals surface area (Å²) in [6.07, 6.45) is -4.65. The molecule has 2 aromatic rings. The minimum Gasteiger partial charge on any atom is -0.315 e. The number of hydrogen-bond acceptors (Lipinski definition) is 3. The first-order valence-electron chi connectivity index (χ1n) is 10.5. The molecule has 1 fully saturated rings. The SMILES string of the molecule is CC(C)CN(CC(=O)N1CC(=O)N(c2ccc(Cl)cc2)C1)C(=O)Nc1ccccc1C(F)(F)F. The number of alkyl halides is 3. The second-order valence-corrected chi connectivity index (χ2v) is 8.72. The van der Waals surface area contributed by atoms with Crippen LogP contribution in [0, 0.1) is 5.92 Å². The zero-order chi connectivity index (χ0) is 25.0. The largest absolute Gasteiger partial charge is 0.418 e. The van der Waals surface area contributed by atoms with E-state index in [4.69, 9.17) is 11.6 Å². The zero-order valence-electron chi connectivity index (χ0n) is 18.6. The number of nitrogens with zero attached hydrogens (tertiary/aromatic N) is 3. The fourth-order valence-corrected chi connectivity index (χ4v) is 3.64. The summed E-state index contributed by atoms with van der Waals surface area (Å²) in [5, 5.41) is 2.78. The maximum absolute atomic E-state index is 13.3. The van der Waals surface area contributed by atoms with E-state index >= 15 is 0 Å². The maximum atomic E-state index is 13.3. The topological polar surface area (TPSA) is 73.0 Å². The van der Waals surface area contributed by atoms with E-state index in [9.17, 15) is 27.6 Å². The first kappa shape index (κ1) is 25.4. The molecule has 34 heavy (non-hydrogen) atoms. The predicted molar refractivity (Wildman–Crippen MR) is 122 cm³/mol. The van der Waals surface area contributed by atoms with Gasteiger partial charge in [0.05, 0.1) is 11.3 Å². The second kappa shape index (κ2) is 10.3. The molecule has 1 aliphatic heterocycles. The van der Waals surface area contributed by atoms with E-state index in [1.54, 1.807) is 24.3 Å². The number of urea groups is 1. The molecule has 0 saturated carbocycles. The molecule has 0 aromatic heterocycles. The molecule has 1 saturated heterocycles. The van der Waals surface area contributed by atoms with Crippen LogP contribution in [0.2, 0.25) is 5.02 Å². The van der Waals surface area contributed by atoms with E-state index < -0.39 is 29.4 Å². The number of halogens is 4. The fourth-order valence-electron chi connectivity index (χ4n) is 3.52. The Hall–Kier alpha value is -3.27. The van der Waals surface area contributed by atoms with Crippen molar-refractivity contribution in [2.45, 2.75) is 20.0 Å². The average molecular weight is 497 g/mol. The molecule has 1 aliphatic rings. The summed E-state index contributed by atoms with van der Waals surface area (Å²) in [4.78, 5) is 42.1. The van der Waals surface area contributed by atoms with Crippen molar-refractivity contribution in [1.29, 1.82) is 0 Å². The van der Waals surface area contributed by atoms with Gasteiger partial charge in [0.2, 0.25) is 11.8 Å². The molecule has 11 heteroatoms. The van der Waals surface area contributed by atoms with Crippen molar-refractivity contribution >= 4 is 40.8 Å². The van der Waals surface area contributed by atoms with E-state index in [1.165, 1.54) is 21.9 Å². The molecule has 3 rings (SSSR count). The van der Waals surface area contributed by atoms with Gasteiger partial charge in [-0.2, -0.15) is 13.2 Å². The van der Waals surface area contributed by atoms with Crippen LogP contribution in [0.5, 0.6) is 0 Å². The van der Waals surface area contributed by atoms with Crippen LogP contribution >= 0.6 is 11.6 Å². The van der Waals surface area contributed by atoms with Crippen molar-refractivity contribution < 1.29 is 27.6 Å². The Labute approximate surface area is 200 Å². The van der Waals surface area contributed by atoms with Crippen LogP contribution in [0.25, 0.3) is 0 Å². The lowest BCUT2D eigenvalue weighted by Gasteiger charge is -2.27. The molecule has 7 nitrogen and oxygen atoms in total. The first-order valence-corrected chi connectivity index (χ1v) is 10.9. The van der Waals surface area contributed by atoms with E-state index in [2.05, 4.69) is 5.32 Å². The molecule has 1 N–H and O–H groups in total. The molecule has 0 bridgehead atoms. The lowest BCUT2D eigenvalue weighted by molar-refractivity contribution is -0.137. The highest BCUT2D eigenvalue weighted by Gasteiger charge is 2.35. The summed E-state index contributed by atoms with van der Waals surface area (Å²) in [5.41, 5.74) is -0.806. The van der Waals surface area contributed by atoms with Gasteiger partial charge in [-0.3, -0.25) is 14.5 Å². The van der Waals surface area contributed by atoms with Gasteiger partial charge in [-0.05, 0) is 42.3 Å². The summed E-state index contributed by atoms with van der Waals surface area (Å²) in [5.74, 6) is -0.846. The number of anilines is 2. The molecule has 182 valence electrons. The summed E-state index contributed by atoms with van der Waals surface area (Å²) in [6, 6.07) is 10.4. The smallest absolute Gasteiger partial charge is 0.315 e. The number of benzene rings is 2. The predicted octanol–water partition coefficient (Wildman–Crippen LogP) is 4.68. The van der Waals surface area contributed by atoms with Gasteiger partial charge in [0.25, 0.3) is 0 Å². The van der Waals surface area contributed by atoms with Crippen LogP contribution < -0.4 is 10.2 Å². The second-order valence-electron chi connectivity index (χ2n) is 8.28. The third-order valence-corrected chi connectivity index (χ3v) is 5.36. The van der Waals surface area contributed by atoms with Crippen molar-refractivity contribution in [1.82, 2.24) is 9.80 Å². The van der Waals surface area contributed by atoms with E-state index in [0.29, 0.717) is 10.7 Å². The number of nitrogens with one attached hydrogen (secondary N) is 1. The Kier molecular flexibility index (Phi) is 7.71. The summed E-state index contributed by atoms with van der Waals surface area (Å²) in [7, 11) is 0. The molecule has 0 atom stereocenters. The number of hydrogen-bond donors (Lipinski definition) is 1. The normalized spacial score (nSPS) is 14.0. The average Bonchev–Trinajstić information content (AvgIpc) is 3.15. The molecule has 4 amide bonds. The van der Waals surface area contributed by atoms with Crippen molar-refractivity contribution in [3.05, 3.63) is 59.1 Å². The molecular formula is C23H24ClF3N4O3. The highest BCUT2D eigenvalue weighted by molar-refractivity contribution is 6.30. The Bertz CT molecular complexity index is 1060. The molecule has 2 aromatic carbocycles. The van der Waals surface area contributed by atoms with E-state index in [-0.39, 0.29) is 38.1 Å². The van der Waals surface area contributed by atoms with Crippen LogP contribution in [0.3, 0.4) is 0 Å². The van der Waals surface area contributed by atoms with Crippen LogP contribution in [0.15, 0.2) is 48.5 Å². The minimum absolute atomic E-state index is 0.00660. The quantitative estimate of drug-likeness (QED) is 0.631. The number of rotatable bonds is 6. The van der Waals surface area contributed by atoms with Gasteiger partial charge in [-0.25, -0.2) is 4.79 Å². The van der Waals surface area contributed by atoms with Crippen molar-refractivity contribution in [2.75, 3.05) is 36.5 Å². The van der Waals surface area contributed by atoms with Gasteiger partial charge in [-0.15, -0.1) is 0 Å². The molecular weight excluding hydrogens is 473 g/mol. The van der Waals surface area contributed by atoms with Gasteiger partial charge in [0.15, 0.2) is 0 Å². The van der Waals surface area contributed by atoms with Gasteiger partial charge in [0.1, 0.15) is 19.8 Å². The molecule has 0 aliphatic carbocycles. The van der Waals surface area contributed by atoms with Crippen LogP contribution in [-0.2, 0) is 15.8 Å². The van der Waals surface area contributed by atoms with Gasteiger partial charge < -0.3 is 15.1 Å². The number of carbonyl (C=O) groups excluding carboxylic acids is 3. The number of amides is 4. The first-order chi connectivity index (χ1) is 16.0. The summed E-state index contributed by atoms with van der Waals surface area (Å²) >= 11 is 5.88. The maximum Gasteiger partial charge on any atom is 0.418 e. The highest BCUT2D eigenvalue weighted by Crippen LogP contribution is 2.34. The molecule has 0 radical (unpaired) electrons. The van der Waals surface area contributed by atoms with Gasteiger partial charge >= 0.3 is 12.2 Å². The van der Waals surface area contributed by atoms with E-state index in [1.807, 2.05) is 13.8 Å². The molecule has 0 spiro atoms. The van der Waals surface area contributed by atoms with Crippen molar-refractivity contribution in [3.63, 3.8) is 0 Å². The lowest BCUT2D eigenvalue weighted by atomic mass is 10.1. The third-order valence-electron chi connectivity index (χ3n) is 5.10. The Morgan fingerprint density at radius 1 is 1.12 bits per heavy atom. The zero-order valence-corrected chi connectivity index (χ0v) is 19.4. The lowest BCUT2D eigenvalue weighted by Crippen LogP contribution is -2.45.